The number of nitrogens with one attached hydrogen (secondary N) is 1. The molecule has 1 amide bonds. The number of amides is 1. The zero-order chi connectivity index (χ0) is 23.7. The van der Waals surface area contributed by atoms with Crippen molar-refractivity contribution < 1.29 is 19.0 Å². The standard InChI is InChI=1S/C25H29N3O5/c1-4-32-25(33-5-2,15-20-13-11-19(3)12-14-20)28-18-26-16-22(23(28)29)27-24(30)31-17-21-9-7-6-8-10-21/h6-14,16,18H,4-5,15,17H2,1-3H3,(H,27,30). The molecule has 0 aliphatic carbocycles. The Kier molecular flexibility index (Phi) is 8.34. The molecule has 174 valence electrons. The third-order valence-electron chi connectivity index (χ3n) is 4.94. The molecule has 8 nitrogen and oxygen atoms in total. The van der Waals surface area contributed by atoms with Crippen LogP contribution in [0.5, 0.6) is 0 Å². The average molecular weight is 452 g/mol. The summed E-state index contributed by atoms with van der Waals surface area (Å²) >= 11 is 0. The van der Waals surface area contributed by atoms with Crippen molar-refractivity contribution in [2.75, 3.05) is 18.5 Å². The van der Waals surface area contributed by atoms with E-state index in [0.29, 0.717) is 13.2 Å². The molecule has 0 saturated carbocycles. The number of benzene rings is 2. The normalized spacial score (nSPS) is 11.2. The van der Waals surface area contributed by atoms with E-state index < -0.39 is 17.6 Å². The summed E-state index contributed by atoms with van der Waals surface area (Å²) in [5.41, 5.74) is 2.33. The van der Waals surface area contributed by atoms with Crippen molar-refractivity contribution in [3.05, 3.63) is 94.2 Å². The molecule has 1 heterocycles. The Morgan fingerprint density at radius 2 is 1.67 bits per heavy atom. The number of nitrogens with zero attached hydrogens (tertiary/aromatic N) is 2. The molecule has 0 atom stereocenters. The summed E-state index contributed by atoms with van der Waals surface area (Å²) in [5.74, 6) is -1.42. The van der Waals surface area contributed by atoms with Gasteiger partial charge >= 0.3 is 6.09 Å². The first-order chi connectivity index (χ1) is 16.0. The number of rotatable bonds is 10. The summed E-state index contributed by atoms with van der Waals surface area (Å²) in [6.45, 7) is 6.33. The van der Waals surface area contributed by atoms with Gasteiger partial charge in [0.05, 0.1) is 6.20 Å². The minimum atomic E-state index is -1.42. The molecule has 0 unspecified atom stereocenters. The number of hydrogen-bond donors (Lipinski definition) is 1. The summed E-state index contributed by atoms with van der Waals surface area (Å²) < 4.78 is 18.5. The summed E-state index contributed by atoms with van der Waals surface area (Å²) in [6, 6.07) is 17.2. The van der Waals surface area contributed by atoms with Gasteiger partial charge in [-0.05, 0) is 31.9 Å². The predicted octanol–water partition coefficient (Wildman–Crippen LogP) is 4.23. The zero-order valence-electron chi connectivity index (χ0n) is 19.1. The summed E-state index contributed by atoms with van der Waals surface area (Å²) in [4.78, 5) is 29.7. The zero-order valence-corrected chi connectivity index (χ0v) is 19.1. The molecule has 0 saturated heterocycles. The summed E-state index contributed by atoms with van der Waals surface area (Å²) in [7, 11) is 0. The molecule has 2 aromatic carbocycles. The first kappa shape index (κ1) is 24.2. The van der Waals surface area contributed by atoms with Gasteiger partial charge in [-0.15, -0.1) is 0 Å². The second kappa shape index (κ2) is 11.4. The van der Waals surface area contributed by atoms with Crippen molar-refractivity contribution in [2.24, 2.45) is 0 Å². The van der Waals surface area contributed by atoms with Gasteiger partial charge in [-0.2, -0.15) is 0 Å². The maximum atomic E-state index is 13.3. The molecule has 0 aliphatic rings. The quantitative estimate of drug-likeness (QED) is 0.464. The third-order valence-corrected chi connectivity index (χ3v) is 4.94. The molecule has 0 fully saturated rings. The van der Waals surface area contributed by atoms with E-state index in [1.807, 2.05) is 75.4 Å². The minimum absolute atomic E-state index is 0.0387. The van der Waals surface area contributed by atoms with Crippen LogP contribution >= 0.6 is 0 Å². The lowest BCUT2D eigenvalue weighted by molar-refractivity contribution is -0.292. The second-order valence-corrected chi connectivity index (χ2v) is 7.41. The van der Waals surface area contributed by atoms with Gasteiger partial charge < -0.3 is 14.2 Å². The lowest BCUT2D eigenvalue weighted by Crippen LogP contribution is -2.48. The third kappa shape index (κ3) is 6.27. The molecule has 1 N–H and O–H groups in total. The van der Waals surface area contributed by atoms with Crippen LogP contribution in [0.25, 0.3) is 0 Å². The first-order valence-electron chi connectivity index (χ1n) is 10.9. The minimum Gasteiger partial charge on any atom is -0.444 e. The van der Waals surface area contributed by atoms with Gasteiger partial charge in [0.1, 0.15) is 18.6 Å². The summed E-state index contributed by atoms with van der Waals surface area (Å²) in [5, 5.41) is 2.48. The molecule has 0 spiro atoms. The number of ether oxygens (including phenoxy) is 3. The average Bonchev–Trinajstić information content (AvgIpc) is 2.81. The Hall–Kier alpha value is -3.49. The number of carbonyl (C=O) groups is 1. The van der Waals surface area contributed by atoms with E-state index in [9.17, 15) is 9.59 Å². The highest BCUT2D eigenvalue weighted by Crippen LogP contribution is 2.25. The monoisotopic (exact) mass is 451 g/mol. The highest BCUT2D eigenvalue weighted by Gasteiger charge is 2.36. The Morgan fingerprint density at radius 1 is 1.00 bits per heavy atom. The fourth-order valence-corrected chi connectivity index (χ4v) is 3.39. The number of anilines is 1. The Balaban J connectivity index is 1.86. The molecule has 3 aromatic rings. The van der Waals surface area contributed by atoms with E-state index in [4.69, 9.17) is 14.2 Å². The lowest BCUT2D eigenvalue weighted by Gasteiger charge is -2.34. The molecule has 3 rings (SSSR count). The lowest BCUT2D eigenvalue weighted by atomic mass is 10.1. The van der Waals surface area contributed by atoms with Crippen LogP contribution in [0.2, 0.25) is 0 Å². The van der Waals surface area contributed by atoms with Crippen molar-refractivity contribution in [2.45, 2.75) is 39.7 Å². The highest BCUT2D eigenvalue weighted by atomic mass is 16.7. The fourth-order valence-electron chi connectivity index (χ4n) is 3.39. The van der Waals surface area contributed by atoms with Crippen molar-refractivity contribution in [3.63, 3.8) is 0 Å². The van der Waals surface area contributed by atoms with Gasteiger partial charge in [-0.1, -0.05) is 60.2 Å². The SMILES string of the molecule is CCOC(Cc1ccc(C)cc1)(OCC)n1cncc(NC(=O)OCc2ccccc2)c1=O. The maximum Gasteiger partial charge on any atom is 0.412 e. The van der Waals surface area contributed by atoms with E-state index in [1.165, 1.54) is 17.1 Å². The van der Waals surface area contributed by atoms with Crippen LogP contribution < -0.4 is 10.9 Å². The predicted molar refractivity (Wildman–Crippen MR) is 125 cm³/mol. The van der Waals surface area contributed by atoms with E-state index >= 15 is 0 Å². The number of carbonyl (C=O) groups excluding carboxylic acids is 1. The van der Waals surface area contributed by atoms with Gasteiger partial charge in [-0.3, -0.25) is 10.1 Å². The molecular weight excluding hydrogens is 422 g/mol. The van der Waals surface area contributed by atoms with Crippen LogP contribution in [0.15, 0.2) is 71.9 Å². The molecule has 0 aliphatic heterocycles. The summed E-state index contributed by atoms with van der Waals surface area (Å²) in [6.07, 6.45) is 2.14. The molecule has 33 heavy (non-hydrogen) atoms. The topological polar surface area (TPSA) is 91.7 Å². The van der Waals surface area contributed by atoms with Gasteiger partial charge in [-0.25, -0.2) is 14.3 Å². The molecule has 1 aromatic heterocycles. The van der Waals surface area contributed by atoms with Gasteiger partial charge in [0.15, 0.2) is 0 Å². The van der Waals surface area contributed by atoms with Crippen molar-refractivity contribution in [1.82, 2.24) is 9.55 Å². The molecule has 0 bridgehead atoms. The van der Waals surface area contributed by atoms with Gasteiger partial charge in [0.25, 0.3) is 11.5 Å². The van der Waals surface area contributed by atoms with Crippen LogP contribution in [0.4, 0.5) is 10.5 Å². The van der Waals surface area contributed by atoms with Crippen LogP contribution in [-0.4, -0.2) is 28.9 Å². The van der Waals surface area contributed by atoms with Crippen molar-refractivity contribution in [3.8, 4) is 0 Å². The van der Waals surface area contributed by atoms with E-state index in [0.717, 1.165) is 16.7 Å². The van der Waals surface area contributed by atoms with E-state index in [-0.39, 0.29) is 18.7 Å². The number of aromatic nitrogens is 2. The highest BCUT2D eigenvalue weighted by molar-refractivity contribution is 5.83. The van der Waals surface area contributed by atoms with Crippen LogP contribution in [0.3, 0.4) is 0 Å². The van der Waals surface area contributed by atoms with Crippen molar-refractivity contribution >= 4 is 11.8 Å². The van der Waals surface area contributed by atoms with Crippen LogP contribution in [-0.2, 0) is 33.1 Å². The Labute approximate surface area is 193 Å². The first-order valence-corrected chi connectivity index (χ1v) is 10.9. The van der Waals surface area contributed by atoms with Gasteiger partial charge in [0, 0.05) is 19.6 Å². The molecule has 0 radical (unpaired) electrons. The second-order valence-electron chi connectivity index (χ2n) is 7.41. The molecular formula is C25H29N3O5. The Morgan fingerprint density at radius 3 is 2.30 bits per heavy atom. The largest absolute Gasteiger partial charge is 0.444 e. The number of hydrogen-bond acceptors (Lipinski definition) is 6. The van der Waals surface area contributed by atoms with E-state index in [2.05, 4.69) is 10.3 Å². The number of aryl methyl sites for hydroxylation is 1. The van der Waals surface area contributed by atoms with Crippen molar-refractivity contribution in [1.29, 1.82) is 0 Å². The Bertz CT molecular complexity index is 1090. The molecule has 8 heteroatoms. The van der Waals surface area contributed by atoms with Crippen LogP contribution in [0.1, 0.15) is 30.5 Å². The smallest absolute Gasteiger partial charge is 0.412 e. The maximum absolute atomic E-state index is 13.3. The van der Waals surface area contributed by atoms with E-state index in [1.54, 1.807) is 0 Å². The van der Waals surface area contributed by atoms with Crippen LogP contribution in [0, 0.1) is 6.92 Å². The fraction of sp³-hybridized carbons (Fsp3) is 0.320. The van der Waals surface area contributed by atoms with Gasteiger partial charge in [0.2, 0.25) is 0 Å².